The highest BCUT2D eigenvalue weighted by Crippen LogP contribution is 2.19. The number of aromatic nitrogens is 5. The predicted molar refractivity (Wildman–Crippen MR) is 95.2 cm³/mol. The summed E-state index contributed by atoms with van der Waals surface area (Å²) in [4.78, 5) is 17.4. The first kappa shape index (κ1) is 16.2. The third-order valence-corrected chi connectivity index (χ3v) is 4.42. The Labute approximate surface area is 149 Å². The summed E-state index contributed by atoms with van der Waals surface area (Å²) in [6.07, 6.45) is 7.78. The first-order chi connectivity index (χ1) is 12.2. The number of nitrogens with one attached hydrogen (secondary N) is 2. The zero-order valence-electron chi connectivity index (χ0n) is 13.7. The molecular weight excluding hydrogens is 342 g/mol. The normalized spacial score (nSPS) is 20.2. The molecule has 9 heteroatoms. The van der Waals surface area contributed by atoms with Crippen LogP contribution in [0.2, 0.25) is 5.15 Å². The summed E-state index contributed by atoms with van der Waals surface area (Å²) in [7, 11) is 1.72. The van der Waals surface area contributed by atoms with Gasteiger partial charge < -0.3 is 15.4 Å². The van der Waals surface area contributed by atoms with Crippen LogP contribution in [-0.2, 0) is 4.74 Å². The van der Waals surface area contributed by atoms with Gasteiger partial charge in [0.2, 0.25) is 0 Å². The van der Waals surface area contributed by atoms with Crippen LogP contribution in [-0.4, -0.2) is 56.8 Å². The summed E-state index contributed by atoms with van der Waals surface area (Å²) in [6.45, 7) is 1.58. The van der Waals surface area contributed by atoms with E-state index in [9.17, 15) is 0 Å². The van der Waals surface area contributed by atoms with Gasteiger partial charge in [-0.1, -0.05) is 11.6 Å². The fraction of sp³-hybridized carbons (Fsp3) is 0.375. The maximum Gasteiger partial charge on any atom is 0.159 e. The minimum atomic E-state index is 0.296. The molecular formula is C16H18ClN7O. The Balaban J connectivity index is 1.55. The van der Waals surface area contributed by atoms with Gasteiger partial charge in [-0.05, 0) is 6.42 Å². The molecule has 130 valence electrons. The van der Waals surface area contributed by atoms with E-state index in [1.54, 1.807) is 38.1 Å². The lowest BCUT2D eigenvalue weighted by Crippen LogP contribution is -2.26. The van der Waals surface area contributed by atoms with E-state index in [4.69, 9.17) is 16.3 Å². The van der Waals surface area contributed by atoms with E-state index in [2.05, 4.69) is 30.6 Å². The van der Waals surface area contributed by atoms with E-state index < -0.39 is 0 Å². The standard InChI is InChI=1S/C16H18ClN7O/c1-25-8-11-2-10(4-19-11)22-15-6-18-7-16(23-15)24-9-21-12-3-14(17)20-5-13(12)24/h3,5-7,9-11,19H,2,4,8H2,1H3,(H,22,23)/t10-,11+/m1/s1. The Hall–Kier alpha value is -2.29. The molecule has 8 nitrogen and oxygen atoms in total. The summed E-state index contributed by atoms with van der Waals surface area (Å²) in [5.41, 5.74) is 1.60. The zero-order chi connectivity index (χ0) is 17.2. The second-order valence-corrected chi connectivity index (χ2v) is 6.40. The smallest absolute Gasteiger partial charge is 0.159 e. The van der Waals surface area contributed by atoms with Crippen LogP contribution in [0, 0.1) is 0 Å². The average Bonchev–Trinajstić information content (AvgIpc) is 3.22. The first-order valence-corrected chi connectivity index (χ1v) is 8.40. The molecule has 0 aromatic carbocycles. The second kappa shape index (κ2) is 6.91. The Morgan fingerprint density at radius 2 is 2.28 bits per heavy atom. The monoisotopic (exact) mass is 359 g/mol. The molecule has 4 heterocycles. The Morgan fingerprint density at radius 3 is 3.16 bits per heavy atom. The third-order valence-electron chi connectivity index (χ3n) is 4.21. The van der Waals surface area contributed by atoms with E-state index in [1.165, 1.54) is 0 Å². The molecule has 0 spiro atoms. The molecule has 25 heavy (non-hydrogen) atoms. The molecule has 0 bridgehead atoms. The van der Waals surface area contributed by atoms with Gasteiger partial charge in [-0.3, -0.25) is 9.55 Å². The molecule has 3 aromatic rings. The van der Waals surface area contributed by atoms with Crippen LogP contribution >= 0.6 is 11.6 Å². The van der Waals surface area contributed by atoms with Gasteiger partial charge in [0, 0.05) is 31.8 Å². The molecule has 3 aromatic heterocycles. The Bertz CT molecular complexity index is 884. The number of halogens is 1. The van der Waals surface area contributed by atoms with Crippen molar-refractivity contribution in [3.05, 3.63) is 36.1 Å². The van der Waals surface area contributed by atoms with Crippen LogP contribution in [0.15, 0.2) is 31.0 Å². The van der Waals surface area contributed by atoms with Gasteiger partial charge in [-0.15, -0.1) is 0 Å². The van der Waals surface area contributed by atoms with Crippen molar-refractivity contribution in [2.75, 3.05) is 25.6 Å². The molecule has 2 N–H and O–H groups in total. The van der Waals surface area contributed by atoms with Crippen LogP contribution in [0.25, 0.3) is 16.9 Å². The van der Waals surface area contributed by atoms with Gasteiger partial charge in [0.1, 0.15) is 17.3 Å². The van der Waals surface area contributed by atoms with Crippen LogP contribution < -0.4 is 10.6 Å². The van der Waals surface area contributed by atoms with Crippen LogP contribution in [0.4, 0.5) is 5.82 Å². The molecule has 1 fully saturated rings. The Morgan fingerprint density at radius 1 is 1.36 bits per heavy atom. The molecule has 2 atom stereocenters. The second-order valence-electron chi connectivity index (χ2n) is 6.01. The lowest BCUT2D eigenvalue weighted by Gasteiger charge is -2.13. The molecule has 1 aliphatic heterocycles. The summed E-state index contributed by atoms with van der Waals surface area (Å²) < 4.78 is 7.04. The van der Waals surface area contributed by atoms with Gasteiger partial charge in [-0.2, -0.15) is 0 Å². The van der Waals surface area contributed by atoms with Crippen molar-refractivity contribution in [3.63, 3.8) is 0 Å². The average molecular weight is 360 g/mol. The number of hydrogen-bond donors (Lipinski definition) is 2. The Kier molecular flexibility index (Phi) is 4.48. The van der Waals surface area contributed by atoms with Crippen LogP contribution in [0.1, 0.15) is 6.42 Å². The summed E-state index contributed by atoms with van der Waals surface area (Å²) >= 11 is 5.92. The minimum absolute atomic E-state index is 0.296. The number of anilines is 1. The highest BCUT2D eigenvalue weighted by Gasteiger charge is 2.24. The first-order valence-electron chi connectivity index (χ1n) is 8.03. The van der Waals surface area contributed by atoms with Crippen LogP contribution in [0.3, 0.4) is 0 Å². The van der Waals surface area contributed by atoms with E-state index in [0.717, 1.165) is 29.8 Å². The van der Waals surface area contributed by atoms with Gasteiger partial charge in [0.25, 0.3) is 0 Å². The predicted octanol–water partition coefficient (Wildman–Crippen LogP) is 1.65. The fourth-order valence-corrected chi connectivity index (χ4v) is 3.23. The molecule has 0 aliphatic carbocycles. The highest BCUT2D eigenvalue weighted by molar-refractivity contribution is 6.29. The van der Waals surface area contributed by atoms with E-state index in [0.29, 0.717) is 29.7 Å². The molecule has 1 saturated heterocycles. The maximum atomic E-state index is 5.92. The lowest BCUT2D eigenvalue weighted by molar-refractivity contribution is 0.173. The lowest BCUT2D eigenvalue weighted by atomic mass is 10.2. The van der Waals surface area contributed by atoms with Gasteiger partial charge in [0.05, 0.1) is 36.2 Å². The van der Waals surface area contributed by atoms with Crippen molar-refractivity contribution in [3.8, 4) is 5.82 Å². The van der Waals surface area contributed by atoms with Crippen molar-refractivity contribution in [1.82, 2.24) is 29.8 Å². The summed E-state index contributed by atoms with van der Waals surface area (Å²) in [5.74, 6) is 1.40. The van der Waals surface area contributed by atoms with Gasteiger partial charge in [0.15, 0.2) is 5.82 Å². The van der Waals surface area contributed by atoms with Gasteiger partial charge >= 0.3 is 0 Å². The largest absolute Gasteiger partial charge is 0.383 e. The van der Waals surface area contributed by atoms with Gasteiger partial charge in [-0.25, -0.2) is 15.0 Å². The van der Waals surface area contributed by atoms with Crippen molar-refractivity contribution >= 4 is 28.5 Å². The van der Waals surface area contributed by atoms with Crippen molar-refractivity contribution in [2.24, 2.45) is 0 Å². The number of methoxy groups -OCH3 is 1. The van der Waals surface area contributed by atoms with Crippen molar-refractivity contribution in [2.45, 2.75) is 18.5 Å². The number of nitrogens with zero attached hydrogens (tertiary/aromatic N) is 5. The third kappa shape index (κ3) is 3.41. The van der Waals surface area contributed by atoms with Crippen molar-refractivity contribution in [1.29, 1.82) is 0 Å². The molecule has 0 saturated carbocycles. The summed E-state index contributed by atoms with van der Waals surface area (Å²) in [5, 5.41) is 7.27. The number of imidazole rings is 1. The zero-order valence-corrected chi connectivity index (χ0v) is 14.4. The number of pyridine rings is 1. The van der Waals surface area contributed by atoms with Crippen LogP contribution in [0.5, 0.6) is 0 Å². The maximum absolute atomic E-state index is 5.92. The number of hydrogen-bond acceptors (Lipinski definition) is 7. The molecule has 1 aliphatic rings. The fourth-order valence-electron chi connectivity index (χ4n) is 3.07. The number of rotatable bonds is 5. The number of fused-ring (bicyclic) bond motifs is 1. The molecule has 0 amide bonds. The van der Waals surface area contributed by atoms with E-state index in [1.807, 2.05) is 4.57 Å². The molecule has 4 rings (SSSR count). The minimum Gasteiger partial charge on any atom is -0.383 e. The molecule has 0 radical (unpaired) electrons. The summed E-state index contributed by atoms with van der Waals surface area (Å²) in [6, 6.07) is 2.39. The highest BCUT2D eigenvalue weighted by atomic mass is 35.5. The van der Waals surface area contributed by atoms with E-state index in [-0.39, 0.29) is 0 Å². The molecule has 0 unspecified atom stereocenters. The van der Waals surface area contributed by atoms with E-state index >= 15 is 0 Å². The quantitative estimate of drug-likeness (QED) is 0.669. The number of ether oxygens (including phenoxy) is 1. The SMILES string of the molecule is COC[C@@H]1C[C@@H](Nc2cncc(-n3cnc4cc(Cl)ncc43)n2)CN1. The topological polar surface area (TPSA) is 89.8 Å². The van der Waals surface area contributed by atoms with Crippen molar-refractivity contribution < 1.29 is 4.74 Å².